The van der Waals surface area contributed by atoms with Crippen LogP contribution in [0.2, 0.25) is 0 Å². The molecule has 5 heteroatoms. The molecule has 0 saturated heterocycles. The fourth-order valence-electron chi connectivity index (χ4n) is 1.80. The number of guanidine groups is 1. The quantitative estimate of drug-likeness (QED) is 0.282. The Labute approximate surface area is 133 Å². The lowest BCUT2D eigenvalue weighted by Gasteiger charge is -2.22. The fraction of sp³-hybridized carbons (Fsp3) is 0.500. The number of halogens is 1. The van der Waals surface area contributed by atoms with Gasteiger partial charge in [0.25, 0.3) is 0 Å². The van der Waals surface area contributed by atoms with Crippen molar-refractivity contribution in [2.75, 3.05) is 20.6 Å². The van der Waals surface area contributed by atoms with Gasteiger partial charge < -0.3 is 14.8 Å². The molecule has 0 radical (unpaired) electrons. The van der Waals surface area contributed by atoms with Crippen LogP contribution in [-0.4, -0.2) is 36.1 Å². The number of aromatic nitrogens is 1. The third kappa shape index (κ3) is 6.13. The Morgan fingerprint density at radius 3 is 2.79 bits per heavy atom. The van der Waals surface area contributed by atoms with Gasteiger partial charge in [0.2, 0.25) is 0 Å². The number of hydrogen-bond donors (Lipinski definition) is 1. The minimum Gasteiger partial charge on any atom is -0.356 e. The van der Waals surface area contributed by atoms with E-state index in [1.807, 2.05) is 14.0 Å². The number of allylic oxidation sites excluding steroid dienone is 1. The van der Waals surface area contributed by atoms with Crippen LogP contribution in [0.25, 0.3) is 0 Å². The zero-order valence-corrected chi connectivity index (χ0v) is 14.6. The highest BCUT2D eigenvalue weighted by Crippen LogP contribution is 2.03. The molecule has 1 heterocycles. The molecular formula is C14H25IN4. The molecule has 0 amide bonds. The summed E-state index contributed by atoms with van der Waals surface area (Å²) in [5, 5.41) is 3.35. The maximum Gasteiger partial charge on any atom is 0.193 e. The number of nitrogens with one attached hydrogen (secondary N) is 1. The number of aryl methyl sites for hydroxylation is 1. The maximum atomic E-state index is 4.29. The van der Waals surface area contributed by atoms with Crippen LogP contribution < -0.4 is 5.32 Å². The van der Waals surface area contributed by atoms with Gasteiger partial charge in [-0.3, -0.25) is 4.99 Å². The summed E-state index contributed by atoms with van der Waals surface area (Å²) in [7, 11) is 5.93. The summed E-state index contributed by atoms with van der Waals surface area (Å²) in [5.74, 6) is 0.931. The van der Waals surface area contributed by atoms with Crippen molar-refractivity contribution in [3.05, 3.63) is 36.2 Å². The smallest absolute Gasteiger partial charge is 0.193 e. The lowest BCUT2D eigenvalue weighted by Crippen LogP contribution is -2.39. The molecule has 0 saturated carbocycles. The second-order valence-electron chi connectivity index (χ2n) is 4.30. The second kappa shape index (κ2) is 9.89. The van der Waals surface area contributed by atoms with E-state index in [1.54, 1.807) is 0 Å². The SMILES string of the molecule is C/C=C/CCNC(=NC)N(C)Cc1cccn1C.I. The van der Waals surface area contributed by atoms with Gasteiger partial charge in [-0.1, -0.05) is 12.2 Å². The molecule has 0 bridgehead atoms. The van der Waals surface area contributed by atoms with Crippen molar-refractivity contribution < 1.29 is 0 Å². The van der Waals surface area contributed by atoms with E-state index in [0.29, 0.717) is 0 Å². The maximum absolute atomic E-state index is 4.29. The summed E-state index contributed by atoms with van der Waals surface area (Å²) in [5.41, 5.74) is 1.27. The Hall–Kier alpha value is -0.980. The summed E-state index contributed by atoms with van der Waals surface area (Å²) in [6.07, 6.45) is 7.30. The van der Waals surface area contributed by atoms with Crippen LogP contribution in [0.3, 0.4) is 0 Å². The van der Waals surface area contributed by atoms with Crippen molar-refractivity contribution in [2.24, 2.45) is 12.0 Å². The summed E-state index contributed by atoms with van der Waals surface area (Å²) in [6, 6.07) is 4.19. The van der Waals surface area contributed by atoms with Crippen LogP contribution in [-0.2, 0) is 13.6 Å². The number of aliphatic imine (C=N–C) groups is 1. The average molecular weight is 376 g/mol. The summed E-state index contributed by atoms with van der Waals surface area (Å²) < 4.78 is 2.13. The van der Waals surface area contributed by atoms with Crippen molar-refractivity contribution in [1.29, 1.82) is 0 Å². The highest BCUT2D eigenvalue weighted by molar-refractivity contribution is 14.0. The van der Waals surface area contributed by atoms with Crippen LogP contribution in [0.1, 0.15) is 19.0 Å². The van der Waals surface area contributed by atoms with Gasteiger partial charge in [0.1, 0.15) is 0 Å². The largest absolute Gasteiger partial charge is 0.356 e. The van der Waals surface area contributed by atoms with Crippen molar-refractivity contribution >= 4 is 29.9 Å². The lowest BCUT2D eigenvalue weighted by molar-refractivity contribution is 0.462. The monoisotopic (exact) mass is 376 g/mol. The zero-order valence-electron chi connectivity index (χ0n) is 12.3. The molecule has 0 fully saturated rings. The predicted octanol–water partition coefficient (Wildman–Crippen LogP) is 2.62. The van der Waals surface area contributed by atoms with Gasteiger partial charge in [-0.25, -0.2) is 0 Å². The minimum atomic E-state index is 0. The molecule has 0 aromatic carbocycles. The zero-order chi connectivity index (χ0) is 13.4. The van der Waals surface area contributed by atoms with Crippen LogP contribution in [0.15, 0.2) is 35.5 Å². The molecule has 1 aromatic rings. The molecule has 0 unspecified atom stereocenters. The van der Waals surface area contributed by atoms with Crippen LogP contribution in [0, 0.1) is 0 Å². The lowest BCUT2D eigenvalue weighted by atomic mass is 10.4. The Morgan fingerprint density at radius 2 is 2.26 bits per heavy atom. The van der Waals surface area contributed by atoms with Gasteiger partial charge in [0.15, 0.2) is 5.96 Å². The van der Waals surface area contributed by atoms with E-state index >= 15 is 0 Å². The van der Waals surface area contributed by atoms with Crippen LogP contribution in [0.5, 0.6) is 0 Å². The van der Waals surface area contributed by atoms with Gasteiger partial charge in [-0.2, -0.15) is 0 Å². The van der Waals surface area contributed by atoms with Gasteiger partial charge >= 0.3 is 0 Å². The molecule has 1 rings (SSSR count). The first-order valence-electron chi connectivity index (χ1n) is 6.32. The third-order valence-corrected chi connectivity index (χ3v) is 2.85. The van der Waals surface area contributed by atoms with Gasteiger partial charge in [-0.05, 0) is 25.5 Å². The average Bonchev–Trinajstić information content (AvgIpc) is 2.75. The van der Waals surface area contributed by atoms with E-state index in [-0.39, 0.29) is 24.0 Å². The van der Waals surface area contributed by atoms with Gasteiger partial charge in [-0.15, -0.1) is 24.0 Å². The Balaban J connectivity index is 0.00000324. The van der Waals surface area contributed by atoms with E-state index in [0.717, 1.165) is 25.5 Å². The normalized spacial score (nSPS) is 11.5. The second-order valence-corrected chi connectivity index (χ2v) is 4.30. The molecule has 19 heavy (non-hydrogen) atoms. The molecule has 1 N–H and O–H groups in total. The number of rotatable bonds is 5. The van der Waals surface area contributed by atoms with E-state index in [2.05, 4.69) is 64.4 Å². The van der Waals surface area contributed by atoms with Crippen LogP contribution in [0.4, 0.5) is 0 Å². The van der Waals surface area contributed by atoms with Crippen LogP contribution >= 0.6 is 24.0 Å². The first kappa shape index (κ1) is 18.0. The third-order valence-electron chi connectivity index (χ3n) is 2.85. The summed E-state index contributed by atoms with van der Waals surface area (Å²) >= 11 is 0. The Morgan fingerprint density at radius 1 is 1.53 bits per heavy atom. The van der Waals surface area contributed by atoms with E-state index < -0.39 is 0 Å². The number of nitrogens with zero attached hydrogens (tertiary/aromatic N) is 3. The van der Waals surface area contributed by atoms with Gasteiger partial charge in [0.05, 0.1) is 6.54 Å². The highest BCUT2D eigenvalue weighted by Gasteiger charge is 2.07. The molecule has 0 aliphatic rings. The Bertz CT molecular complexity index is 409. The molecule has 0 aliphatic heterocycles. The van der Waals surface area contributed by atoms with E-state index in [1.165, 1.54) is 5.69 Å². The predicted molar refractivity (Wildman–Crippen MR) is 93.1 cm³/mol. The summed E-state index contributed by atoms with van der Waals surface area (Å²) in [4.78, 5) is 6.42. The molecule has 108 valence electrons. The molecule has 4 nitrogen and oxygen atoms in total. The number of hydrogen-bond acceptors (Lipinski definition) is 1. The molecular weight excluding hydrogens is 351 g/mol. The van der Waals surface area contributed by atoms with Crippen molar-refractivity contribution in [2.45, 2.75) is 19.9 Å². The molecule has 1 aromatic heterocycles. The highest BCUT2D eigenvalue weighted by atomic mass is 127. The Kier molecular flexibility index (Phi) is 9.38. The first-order valence-corrected chi connectivity index (χ1v) is 6.32. The first-order chi connectivity index (χ1) is 8.69. The molecule has 0 atom stereocenters. The van der Waals surface area contributed by atoms with Crippen molar-refractivity contribution in [3.63, 3.8) is 0 Å². The summed E-state index contributed by atoms with van der Waals surface area (Å²) in [6.45, 7) is 3.80. The minimum absolute atomic E-state index is 0. The van der Waals surface area contributed by atoms with E-state index in [9.17, 15) is 0 Å². The molecule has 0 aliphatic carbocycles. The van der Waals surface area contributed by atoms with Crippen molar-refractivity contribution in [1.82, 2.24) is 14.8 Å². The molecule has 0 spiro atoms. The standard InChI is InChI=1S/C14H24N4.HI/c1-5-6-7-10-16-14(15-2)18(4)12-13-9-8-11-17(13)3;/h5-6,8-9,11H,7,10,12H2,1-4H3,(H,15,16);1H/b6-5+;. The van der Waals surface area contributed by atoms with Crippen molar-refractivity contribution in [3.8, 4) is 0 Å². The van der Waals surface area contributed by atoms with Gasteiger partial charge in [0, 0.05) is 39.6 Å². The topological polar surface area (TPSA) is 32.6 Å². The fourth-order valence-corrected chi connectivity index (χ4v) is 1.80. The van der Waals surface area contributed by atoms with E-state index in [4.69, 9.17) is 0 Å².